The van der Waals surface area contributed by atoms with E-state index in [2.05, 4.69) is 15.0 Å². The van der Waals surface area contributed by atoms with E-state index in [4.69, 9.17) is 21.4 Å². The number of nitrogens with zero attached hydrogens (tertiary/aromatic N) is 3. The Hall–Kier alpha value is -2.19. The molecule has 0 atom stereocenters. The summed E-state index contributed by atoms with van der Waals surface area (Å²) in [5.41, 5.74) is 0. The number of furan rings is 1. The van der Waals surface area contributed by atoms with Gasteiger partial charge in [0.05, 0.1) is 19.2 Å². The lowest BCUT2D eigenvalue weighted by Gasteiger charge is -2.30. The molecule has 0 aliphatic carbocycles. The van der Waals surface area contributed by atoms with Crippen LogP contribution in [0.3, 0.4) is 0 Å². The van der Waals surface area contributed by atoms with Crippen molar-refractivity contribution < 1.29 is 13.9 Å². The van der Waals surface area contributed by atoms with Gasteiger partial charge in [-0.3, -0.25) is 14.8 Å². The predicted molar refractivity (Wildman–Crippen MR) is 101 cm³/mol. The molecule has 8 heteroatoms. The minimum absolute atomic E-state index is 0.0104. The highest BCUT2D eigenvalue weighted by atomic mass is 32.1. The molecule has 1 N–H and O–H groups in total. The number of hydrogen-bond acceptors (Lipinski definition) is 6. The van der Waals surface area contributed by atoms with Gasteiger partial charge in [0.25, 0.3) is 0 Å². The van der Waals surface area contributed by atoms with Crippen molar-refractivity contribution >= 4 is 30.3 Å². The number of ether oxygens (including phenoxy) is 1. The second kappa shape index (κ2) is 8.46. The zero-order chi connectivity index (χ0) is 18.5. The van der Waals surface area contributed by atoms with Crippen molar-refractivity contribution in [3.8, 4) is 0 Å². The summed E-state index contributed by atoms with van der Waals surface area (Å²) in [5, 5.41) is 3.20. The molecule has 0 aromatic carbocycles. The summed E-state index contributed by atoms with van der Waals surface area (Å²) in [5.74, 6) is 2.26. The van der Waals surface area contributed by atoms with Crippen LogP contribution in [0.25, 0.3) is 12.2 Å². The molecule has 0 amide bonds. The van der Waals surface area contributed by atoms with Crippen LogP contribution in [0.4, 0.5) is 0 Å². The van der Waals surface area contributed by atoms with Crippen LogP contribution in [0.1, 0.15) is 37.1 Å². The Labute approximate surface area is 157 Å². The van der Waals surface area contributed by atoms with E-state index in [0.717, 1.165) is 37.5 Å². The van der Waals surface area contributed by atoms with Crippen LogP contribution in [0.15, 0.2) is 16.5 Å². The van der Waals surface area contributed by atoms with Gasteiger partial charge in [0.15, 0.2) is 0 Å². The number of piperidine rings is 1. The summed E-state index contributed by atoms with van der Waals surface area (Å²) >= 11 is 5.34. The summed E-state index contributed by atoms with van der Waals surface area (Å²) in [7, 11) is 0. The zero-order valence-electron chi connectivity index (χ0n) is 15.1. The minimum atomic E-state index is -0.0779. The molecular formula is C18H24N4O3S. The Bertz CT molecular complexity index is 828. The van der Waals surface area contributed by atoms with Crippen molar-refractivity contribution in [2.75, 3.05) is 19.7 Å². The fourth-order valence-electron chi connectivity index (χ4n) is 3.02. The van der Waals surface area contributed by atoms with E-state index in [1.807, 2.05) is 42.8 Å². The molecule has 1 aliphatic heterocycles. The summed E-state index contributed by atoms with van der Waals surface area (Å²) in [6.07, 6.45) is 5.32. The molecular weight excluding hydrogens is 352 g/mol. The molecule has 1 fully saturated rings. The van der Waals surface area contributed by atoms with Crippen LogP contribution >= 0.6 is 12.2 Å². The van der Waals surface area contributed by atoms with Gasteiger partial charge in [-0.1, -0.05) is 0 Å². The minimum Gasteiger partial charge on any atom is -0.466 e. The van der Waals surface area contributed by atoms with E-state index in [1.165, 1.54) is 0 Å². The standard InChI is InChI=1S/C18H24N4O3S/c1-3-24-17(23)14-8-10-21(11-9-14)12-22-18(26)19-16(20-22)7-6-15-5-4-13(2)25-15/h4-7,14H,3,8-12H2,1-2H3,(H,19,20,26)/b7-6+. The Morgan fingerprint density at radius 1 is 1.42 bits per heavy atom. The van der Waals surface area contributed by atoms with Gasteiger partial charge in [0.2, 0.25) is 4.77 Å². The molecule has 0 unspecified atom stereocenters. The van der Waals surface area contributed by atoms with Crippen molar-refractivity contribution in [2.45, 2.75) is 33.4 Å². The molecule has 0 bridgehead atoms. The van der Waals surface area contributed by atoms with Crippen LogP contribution in [-0.2, 0) is 16.2 Å². The predicted octanol–water partition coefficient (Wildman–Crippen LogP) is 3.25. The third-order valence-electron chi connectivity index (χ3n) is 4.41. The van der Waals surface area contributed by atoms with E-state index in [9.17, 15) is 4.79 Å². The average molecular weight is 376 g/mol. The number of aryl methyl sites for hydroxylation is 1. The lowest BCUT2D eigenvalue weighted by molar-refractivity contribution is -0.149. The van der Waals surface area contributed by atoms with E-state index < -0.39 is 0 Å². The van der Waals surface area contributed by atoms with Crippen LogP contribution in [0.2, 0.25) is 0 Å². The molecule has 140 valence electrons. The van der Waals surface area contributed by atoms with Gasteiger partial charge in [0, 0.05) is 13.1 Å². The molecule has 26 heavy (non-hydrogen) atoms. The maximum absolute atomic E-state index is 11.8. The SMILES string of the molecule is CCOC(=O)C1CCN(Cn2[nH]c(/C=C/c3ccc(C)o3)nc2=S)CC1. The first-order chi connectivity index (χ1) is 12.5. The smallest absolute Gasteiger partial charge is 0.309 e. The molecule has 1 aliphatic rings. The molecule has 7 nitrogen and oxygen atoms in total. The Morgan fingerprint density at radius 3 is 2.85 bits per heavy atom. The lowest BCUT2D eigenvalue weighted by atomic mass is 9.97. The largest absolute Gasteiger partial charge is 0.466 e. The number of nitrogens with one attached hydrogen (secondary N) is 1. The number of esters is 1. The highest BCUT2D eigenvalue weighted by Gasteiger charge is 2.26. The van der Waals surface area contributed by atoms with E-state index in [1.54, 1.807) is 0 Å². The highest BCUT2D eigenvalue weighted by Crippen LogP contribution is 2.19. The maximum Gasteiger partial charge on any atom is 0.309 e. The van der Waals surface area contributed by atoms with Crippen molar-refractivity contribution in [3.05, 3.63) is 34.2 Å². The Balaban J connectivity index is 1.56. The van der Waals surface area contributed by atoms with Crippen molar-refractivity contribution in [1.82, 2.24) is 19.7 Å². The molecule has 3 rings (SSSR count). The first-order valence-corrected chi connectivity index (χ1v) is 9.26. The fraction of sp³-hybridized carbons (Fsp3) is 0.500. The van der Waals surface area contributed by atoms with Gasteiger partial charge in [-0.05, 0) is 63.2 Å². The van der Waals surface area contributed by atoms with Gasteiger partial charge in [-0.2, -0.15) is 4.98 Å². The topological polar surface area (TPSA) is 76.3 Å². The van der Waals surface area contributed by atoms with Crippen LogP contribution in [0.5, 0.6) is 0 Å². The number of aromatic nitrogens is 3. The number of likely N-dealkylation sites (tertiary alicyclic amines) is 1. The quantitative estimate of drug-likeness (QED) is 0.616. The number of rotatable bonds is 6. The van der Waals surface area contributed by atoms with Crippen molar-refractivity contribution in [3.63, 3.8) is 0 Å². The zero-order valence-corrected chi connectivity index (χ0v) is 15.9. The first kappa shape index (κ1) is 18.6. The number of aromatic amines is 1. The molecule has 1 saturated heterocycles. The van der Waals surface area contributed by atoms with Crippen LogP contribution in [0, 0.1) is 17.6 Å². The lowest BCUT2D eigenvalue weighted by Crippen LogP contribution is -2.38. The van der Waals surface area contributed by atoms with Gasteiger partial charge < -0.3 is 9.15 Å². The third kappa shape index (κ3) is 4.70. The summed E-state index contributed by atoms with van der Waals surface area (Å²) < 4.78 is 13.0. The van der Waals surface area contributed by atoms with E-state index in [0.29, 0.717) is 23.9 Å². The first-order valence-electron chi connectivity index (χ1n) is 8.85. The summed E-state index contributed by atoms with van der Waals surface area (Å²) in [4.78, 5) is 18.4. The number of H-pyrrole nitrogens is 1. The molecule has 0 radical (unpaired) electrons. The number of carbonyl (C=O) groups excluding carboxylic acids is 1. The van der Waals surface area contributed by atoms with Gasteiger partial charge in [-0.25, -0.2) is 4.68 Å². The Morgan fingerprint density at radius 2 is 2.19 bits per heavy atom. The summed E-state index contributed by atoms with van der Waals surface area (Å²) in [6.45, 7) is 6.49. The molecule has 2 aromatic rings. The van der Waals surface area contributed by atoms with E-state index >= 15 is 0 Å². The second-order valence-corrected chi connectivity index (χ2v) is 6.75. The van der Waals surface area contributed by atoms with Crippen molar-refractivity contribution in [1.29, 1.82) is 0 Å². The normalized spacial score (nSPS) is 16.4. The molecule has 0 spiro atoms. The number of carbonyl (C=O) groups is 1. The number of hydrogen-bond donors (Lipinski definition) is 1. The Kier molecular flexibility index (Phi) is 6.05. The van der Waals surface area contributed by atoms with Crippen LogP contribution in [-0.4, -0.2) is 45.3 Å². The third-order valence-corrected chi connectivity index (χ3v) is 4.72. The van der Waals surface area contributed by atoms with Gasteiger partial charge in [0.1, 0.15) is 17.3 Å². The summed E-state index contributed by atoms with van der Waals surface area (Å²) in [6, 6.07) is 3.82. The molecule has 3 heterocycles. The maximum atomic E-state index is 11.8. The molecule has 2 aromatic heterocycles. The van der Waals surface area contributed by atoms with Crippen LogP contribution < -0.4 is 0 Å². The average Bonchev–Trinajstić information content (AvgIpc) is 3.19. The fourth-order valence-corrected chi connectivity index (χ4v) is 3.22. The van der Waals surface area contributed by atoms with Gasteiger partial charge in [-0.15, -0.1) is 0 Å². The highest BCUT2D eigenvalue weighted by molar-refractivity contribution is 7.71. The van der Waals surface area contributed by atoms with Crippen molar-refractivity contribution in [2.24, 2.45) is 5.92 Å². The monoisotopic (exact) mass is 376 g/mol. The van der Waals surface area contributed by atoms with E-state index in [-0.39, 0.29) is 11.9 Å². The van der Waals surface area contributed by atoms with Gasteiger partial charge >= 0.3 is 5.97 Å². The molecule has 0 saturated carbocycles. The second-order valence-electron chi connectivity index (χ2n) is 6.39.